The van der Waals surface area contributed by atoms with Gasteiger partial charge in [-0.2, -0.15) is 0 Å². The fraction of sp³-hybridized carbons (Fsp3) is 0. The highest BCUT2D eigenvalue weighted by Crippen LogP contribution is 2.34. The van der Waals surface area contributed by atoms with Gasteiger partial charge in [-0.15, -0.1) is 0 Å². The monoisotopic (exact) mass is 360 g/mol. The summed E-state index contributed by atoms with van der Waals surface area (Å²) >= 11 is 5.86. The molecule has 0 atom stereocenters. The van der Waals surface area contributed by atoms with Crippen molar-refractivity contribution in [2.75, 3.05) is 0 Å². The third-order valence-electron chi connectivity index (χ3n) is 3.20. The van der Waals surface area contributed by atoms with Crippen LogP contribution in [0.1, 0.15) is 10.4 Å². The second kappa shape index (κ2) is 4.73. The van der Waals surface area contributed by atoms with Crippen molar-refractivity contribution >= 4 is 59.1 Å². The number of carboxylic acids is 1. The molecule has 0 aliphatic rings. The Kier molecular flexibility index (Phi) is 3.20. The van der Waals surface area contributed by atoms with Crippen LogP contribution in [0.2, 0.25) is 5.02 Å². The molecule has 0 saturated heterocycles. The number of hydrogen-bond donors (Lipinski definition) is 3. The maximum atomic E-state index is 12.1. The molecule has 0 fully saturated rings. The number of benzene rings is 1. The lowest BCUT2D eigenvalue weighted by Crippen LogP contribution is -2.09. The zero-order valence-electron chi connectivity index (χ0n) is 10.5. The van der Waals surface area contributed by atoms with Crippen LogP contribution in [0.15, 0.2) is 28.0 Å². The average molecular weight is 361 g/mol. The minimum absolute atomic E-state index is 0.0187. The molecule has 1 aromatic carbocycles. The molecule has 0 unspecified atom stereocenters. The molecule has 22 heavy (non-hydrogen) atoms. The first kappa shape index (κ1) is 14.9. The molecule has 3 rings (SSSR count). The largest absolute Gasteiger partial charge is 0.478 e. The summed E-state index contributed by atoms with van der Waals surface area (Å²) in [4.78, 5) is 27.8. The van der Waals surface area contributed by atoms with Gasteiger partial charge in [0.1, 0.15) is 10.4 Å². The number of H-pyrrole nitrogens is 2. The molecule has 0 amide bonds. The first-order valence-corrected chi connectivity index (χ1v) is 8.44. The lowest BCUT2D eigenvalue weighted by molar-refractivity contribution is 0.0699. The van der Waals surface area contributed by atoms with E-state index in [1.165, 1.54) is 12.1 Å². The molecular formula is C12H6Cl2N2O5S. The summed E-state index contributed by atoms with van der Waals surface area (Å²) in [6, 6.07) is 2.69. The zero-order chi connectivity index (χ0) is 16.2. The van der Waals surface area contributed by atoms with Gasteiger partial charge in [0.25, 0.3) is 14.6 Å². The highest BCUT2D eigenvalue weighted by Gasteiger charge is 2.23. The zero-order valence-corrected chi connectivity index (χ0v) is 12.8. The molecule has 3 aromatic rings. The van der Waals surface area contributed by atoms with Crippen LogP contribution in [0.3, 0.4) is 0 Å². The van der Waals surface area contributed by atoms with Crippen LogP contribution in [0, 0.1) is 0 Å². The molecular weight excluding hydrogens is 355 g/mol. The Balaban J connectivity index is 2.69. The highest BCUT2D eigenvalue weighted by molar-refractivity contribution is 8.14. The summed E-state index contributed by atoms with van der Waals surface area (Å²) in [6.07, 6.45) is 1.16. The van der Waals surface area contributed by atoms with Crippen molar-refractivity contribution in [3.8, 4) is 0 Å². The number of aromatic carboxylic acids is 1. The van der Waals surface area contributed by atoms with Crippen molar-refractivity contribution in [3.63, 3.8) is 0 Å². The van der Waals surface area contributed by atoms with Crippen LogP contribution >= 0.6 is 22.3 Å². The molecule has 7 nitrogen and oxygen atoms in total. The number of aromatic amines is 2. The third-order valence-corrected chi connectivity index (χ3v) is 5.00. The average Bonchev–Trinajstić information content (AvgIpc) is 2.82. The number of aromatic nitrogens is 2. The maximum absolute atomic E-state index is 12.1. The van der Waals surface area contributed by atoms with Gasteiger partial charge in [0, 0.05) is 27.7 Å². The van der Waals surface area contributed by atoms with Gasteiger partial charge in [-0.05, 0) is 6.07 Å². The summed E-state index contributed by atoms with van der Waals surface area (Å²) in [5.74, 6) is -1.26. The fourth-order valence-electron chi connectivity index (χ4n) is 2.35. The number of pyridine rings is 1. The minimum Gasteiger partial charge on any atom is -0.478 e. The van der Waals surface area contributed by atoms with E-state index in [1.54, 1.807) is 0 Å². The van der Waals surface area contributed by atoms with Crippen LogP contribution in [0.25, 0.3) is 21.8 Å². The maximum Gasteiger partial charge on any atom is 0.337 e. The number of rotatable bonds is 2. The second-order valence-electron chi connectivity index (χ2n) is 4.45. The van der Waals surface area contributed by atoms with Gasteiger partial charge in [-0.3, -0.25) is 4.79 Å². The van der Waals surface area contributed by atoms with Crippen LogP contribution in [-0.2, 0) is 9.05 Å². The normalized spacial score (nSPS) is 12.1. The molecule has 3 N–H and O–H groups in total. The molecule has 0 spiro atoms. The Bertz CT molecular complexity index is 1110. The molecule has 0 radical (unpaired) electrons. The van der Waals surface area contributed by atoms with Crippen LogP contribution in [-0.4, -0.2) is 29.5 Å². The van der Waals surface area contributed by atoms with Gasteiger partial charge in [0.2, 0.25) is 0 Å². The summed E-state index contributed by atoms with van der Waals surface area (Å²) in [7, 11) is 1.12. The van der Waals surface area contributed by atoms with Crippen molar-refractivity contribution in [1.82, 2.24) is 9.97 Å². The Morgan fingerprint density at radius 3 is 2.50 bits per heavy atom. The Labute approximate surface area is 131 Å². The summed E-state index contributed by atoms with van der Waals surface area (Å²) in [5, 5.41) is 9.32. The van der Waals surface area contributed by atoms with Crippen molar-refractivity contribution in [2.24, 2.45) is 0 Å². The smallest absolute Gasteiger partial charge is 0.337 e. The number of fused-ring (bicyclic) bond motifs is 3. The number of nitrogens with one attached hydrogen (secondary N) is 2. The molecule has 0 bridgehead atoms. The SMILES string of the molecule is O=C(O)c1c[nH]c2c(=O)[nH]c3c(S(=O)(=O)Cl)c(Cl)ccc3c12. The molecule has 2 aromatic heterocycles. The van der Waals surface area contributed by atoms with Crippen LogP contribution in [0.5, 0.6) is 0 Å². The first-order chi connectivity index (χ1) is 10.2. The summed E-state index contributed by atoms with van der Waals surface area (Å²) in [6.45, 7) is 0. The van der Waals surface area contributed by atoms with Gasteiger partial charge in [0.15, 0.2) is 0 Å². The van der Waals surface area contributed by atoms with E-state index in [1.807, 2.05) is 0 Å². The van der Waals surface area contributed by atoms with E-state index in [4.69, 9.17) is 22.3 Å². The molecule has 0 aliphatic carbocycles. The quantitative estimate of drug-likeness (QED) is 0.605. The van der Waals surface area contributed by atoms with Crippen molar-refractivity contribution < 1.29 is 18.3 Å². The predicted octanol–water partition coefficient (Wildman–Crippen LogP) is 2.29. The van der Waals surface area contributed by atoms with Crippen LogP contribution < -0.4 is 5.56 Å². The van der Waals surface area contributed by atoms with E-state index in [-0.39, 0.29) is 32.4 Å². The number of carboxylic acid groups (broad SMARTS) is 1. The first-order valence-electron chi connectivity index (χ1n) is 5.75. The third kappa shape index (κ3) is 2.07. The predicted molar refractivity (Wildman–Crippen MR) is 81.4 cm³/mol. The lowest BCUT2D eigenvalue weighted by atomic mass is 10.1. The van der Waals surface area contributed by atoms with Crippen molar-refractivity contribution in [1.29, 1.82) is 0 Å². The standard InChI is InChI=1S/C12H6Cl2N2O5S/c13-6-2-1-4-7-5(12(18)19)3-15-9(7)11(17)16-8(4)10(6)22(14,20)21/h1-3,15H,(H,16,17)(H,18,19). The van der Waals surface area contributed by atoms with E-state index in [0.717, 1.165) is 6.20 Å². The second-order valence-corrected chi connectivity index (χ2v) is 7.36. The molecule has 10 heteroatoms. The minimum atomic E-state index is -4.25. The Morgan fingerprint density at radius 1 is 1.23 bits per heavy atom. The Morgan fingerprint density at radius 2 is 1.91 bits per heavy atom. The summed E-state index contributed by atoms with van der Waals surface area (Å²) in [5.41, 5.74) is -0.961. The van der Waals surface area contributed by atoms with E-state index in [2.05, 4.69) is 9.97 Å². The molecule has 0 aliphatic heterocycles. The number of carbonyl (C=O) groups is 1. The van der Waals surface area contributed by atoms with Gasteiger partial charge in [0.05, 0.1) is 16.1 Å². The fourth-order valence-corrected chi connectivity index (χ4v) is 4.12. The van der Waals surface area contributed by atoms with E-state index >= 15 is 0 Å². The van der Waals surface area contributed by atoms with Gasteiger partial charge < -0.3 is 15.1 Å². The Hall–Kier alpha value is -2.03. The van der Waals surface area contributed by atoms with E-state index in [0.29, 0.717) is 0 Å². The molecule has 0 saturated carbocycles. The summed E-state index contributed by atoms with van der Waals surface area (Å²) < 4.78 is 23.4. The van der Waals surface area contributed by atoms with Gasteiger partial charge in [-0.1, -0.05) is 17.7 Å². The molecule has 2 heterocycles. The van der Waals surface area contributed by atoms with Crippen molar-refractivity contribution in [3.05, 3.63) is 39.3 Å². The van der Waals surface area contributed by atoms with Gasteiger partial charge >= 0.3 is 5.97 Å². The van der Waals surface area contributed by atoms with Gasteiger partial charge in [-0.25, -0.2) is 13.2 Å². The highest BCUT2D eigenvalue weighted by atomic mass is 35.7. The number of halogens is 2. The number of hydrogen-bond acceptors (Lipinski definition) is 4. The van der Waals surface area contributed by atoms with Crippen LogP contribution in [0.4, 0.5) is 0 Å². The topological polar surface area (TPSA) is 120 Å². The lowest BCUT2D eigenvalue weighted by Gasteiger charge is -2.07. The van der Waals surface area contributed by atoms with Crippen molar-refractivity contribution in [2.45, 2.75) is 4.90 Å². The molecule has 114 valence electrons. The van der Waals surface area contributed by atoms with E-state index < -0.39 is 25.5 Å². The van der Waals surface area contributed by atoms with E-state index in [9.17, 15) is 23.1 Å².